The van der Waals surface area contributed by atoms with Gasteiger partial charge >= 0.3 is 0 Å². The Balaban J connectivity index is 1.46. The van der Waals surface area contributed by atoms with Gasteiger partial charge in [-0.2, -0.15) is 4.31 Å². The lowest BCUT2D eigenvalue weighted by Gasteiger charge is -2.35. The molecule has 0 aliphatic carbocycles. The molecule has 0 radical (unpaired) electrons. The molecule has 2 heterocycles. The monoisotopic (exact) mass is 553 g/mol. The minimum absolute atomic E-state index is 0.0138. The fourth-order valence-electron chi connectivity index (χ4n) is 3.79. The molecule has 1 aliphatic heterocycles. The third-order valence-electron chi connectivity index (χ3n) is 5.63. The molecule has 4 rings (SSSR count). The van der Waals surface area contributed by atoms with E-state index in [-0.39, 0.29) is 59.9 Å². The van der Waals surface area contributed by atoms with Gasteiger partial charge in [-0.05, 0) is 18.3 Å². The van der Waals surface area contributed by atoms with E-state index in [4.69, 9.17) is 17.0 Å². The van der Waals surface area contributed by atoms with Crippen molar-refractivity contribution in [1.82, 2.24) is 24.6 Å². The van der Waals surface area contributed by atoms with Crippen molar-refractivity contribution in [3.63, 3.8) is 0 Å². The minimum Gasteiger partial charge on any atom is -0.474 e. The van der Waals surface area contributed by atoms with Gasteiger partial charge in [-0.25, -0.2) is 21.9 Å². The van der Waals surface area contributed by atoms with Crippen molar-refractivity contribution in [3.05, 3.63) is 70.0 Å². The molecule has 37 heavy (non-hydrogen) atoms. The first kappa shape index (κ1) is 26.3. The molecule has 0 bridgehead atoms. The molecule has 0 amide bonds. The highest BCUT2D eigenvalue weighted by Gasteiger charge is 2.31. The van der Waals surface area contributed by atoms with Crippen molar-refractivity contribution < 1.29 is 26.9 Å². The number of hydrogen-bond acceptors (Lipinski definition) is 9. The summed E-state index contributed by atoms with van der Waals surface area (Å²) in [5, 5.41) is 21.7. The quantitative estimate of drug-likeness (QED) is 0.263. The van der Waals surface area contributed by atoms with E-state index in [0.29, 0.717) is 5.69 Å². The summed E-state index contributed by atoms with van der Waals surface area (Å²) in [6.45, 7) is 0.113. The zero-order valence-electron chi connectivity index (χ0n) is 19.4. The smallest absolute Gasteiger partial charge is 0.270 e. The van der Waals surface area contributed by atoms with Crippen LogP contribution >= 0.6 is 12.2 Å². The van der Waals surface area contributed by atoms with Gasteiger partial charge < -0.3 is 15.0 Å². The standard InChI is InChI=1S/C21H21F2N7O5S2/c1-35-21(36)24-12-14-13-29(26-25-14)16-10-18(22)20(19(23)11-16)27-5-7-28(8-6-27)37(33,34)17-4-2-3-15(9-17)30(31)32/h2-4,9-11,13H,5-8,12H2,1H3,(H,24,36). The maximum absolute atomic E-state index is 15.0. The van der Waals surface area contributed by atoms with Crippen LogP contribution in [0.2, 0.25) is 0 Å². The molecule has 0 unspecified atom stereocenters. The van der Waals surface area contributed by atoms with E-state index in [0.717, 1.165) is 22.5 Å². The number of rotatable bonds is 7. The van der Waals surface area contributed by atoms with Crippen LogP contribution in [-0.2, 0) is 21.3 Å². The number of nitrogens with zero attached hydrogens (tertiary/aromatic N) is 6. The van der Waals surface area contributed by atoms with Crippen LogP contribution in [0.4, 0.5) is 20.2 Å². The van der Waals surface area contributed by atoms with Crippen molar-refractivity contribution in [2.75, 3.05) is 38.2 Å². The van der Waals surface area contributed by atoms with Gasteiger partial charge in [0.2, 0.25) is 10.0 Å². The number of aromatic nitrogens is 3. The number of methoxy groups -OCH3 is 1. The first-order valence-electron chi connectivity index (χ1n) is 10.8. The van der Waals surface area contributed by atoms with Gasteiger partial charge in [0, 0.05) is 50.4 Å². The molecular weight excluding hydrogens is 532 g/mol. The van der Waals surface area contributed by atoms with E-state index < -0.39 is 26.6 Å². The molecule has 0 saturated carbocycles. The number of thiocarbonyl (C=S) groups is 1. The number of hydrogen-bond donors (Lipinski definition) is 1. The molecule has 12 nitrogen and oxygen atoms in total. The van der Waals surface area contributed by atoms with E-state index in [1.54, 1.807) is 0 Å². The molecule has 0 spiro atoms. The Labute approximate surface area is 215 Å². The zero-order chi connectivity index (χ0) is 26.7. The van der Waals surface area contributed by atoms with E-state index in [2.05, 4.69) is 15.6 Å². The van der Waals surface area contributed by atoms with E-state index in [1.165, 1.54) is 41.1 Å². The molecule has 1 aromatic heterocycles. The molecule has 1 aliphatic rings. The van der Waals surface area contributed by atoms with Gasteiger partial charge in [0.1, 0.15) is 11.4 Å². The zero-order valence-corrected chi connectivity index (χ0v) is 21.0. The Hall–Kier alpha value is -3.76. The number of anilines is 1. The predicted octanol–water partition coefficient (Wildman–Crippen LogP) is 1.99. The second kappa shape index (κ2) is 10.7. The summed E-state index contributed by atoms with van der Waals surface area (Å²) in [5.74, 6) is -1.69. The fourth-order valence-corrected chi connectivity index (χ4v) is 5.32. The van der Waals surface area contributed by atoms with Gasteiger partial charge in [-0.1, -0.05) is 11.3 Å². The summed E-state index contributed by atoms with van der Waals surface area (Å²) in [4.78, 5) is 11.5. The van der Waals surface area contributed by atoms with Crippen LogP contribution in [0.25, 0.3) is 5.69 Å². The average molecular weight is 554 g/mol. The number of piperazine rings is 1. The van der Waals surface area contributed by atoms with Gasteiger partial charge in [0.05, 0.1) is 35.4 Å². The lowest BCUT2D eigenvalue weighted by Crippen LogP contribution is -2.49. The largest absolute Gasteiger partial charge is 0.474 e. The summed E-state index contributed by atoms with van der Waals surface area (Å²) >= 11 is 4.88. The predicted molar refractivity (Wildman–Crippen MR) is 132 cm³/mol. The Morgan fingerprint density at radius 2 is 1.86 bits per heavy atom. The van der Waals surface area contributed by atoms with Crippen LogP contribution in [0, 0.1) is 21.7 Å². The highest BCUT2D eigenvalue weighted by molar-refractivity contribution is 7.89. The molecule has 3 aromatic rings. The molecule has 0 atom stereocenters. The van der Waals surface area contributed by atoms with Crippen molar-refractivity contribution in [2.45, 2.75) is 11.4 Å². The third kappa shape index (κ3) is 5.65. The minimum atomic E-state index is -4.02. The normalized spacial score (nSPS) is 14.4. The van der Waals surface area contributed by atoms with E-state index in [1.807, 2.05) is 0 Å². The summed E-state index contributed by atoms with van der Waals surface area (Å²) in [7, 11) is -2.61. The molecule has 1 fully saturated rings. The van der Waals surface area contributed by atoms with E-state index >= 15 is 8.78 Å². The van der Waals surface area contributed by atoms with Crippen LogP contribution in [0.5, 0.6) is 0 Å². The maximum Gasteiger partial charge on any atom is 0.270 e. The summed E-state index contributed by atoms with van der Waals surface area (Å²) in [6, 6.07) is 6.95. The molecule has 196 valence electrons. The molecule has 1 saturated heterocycles. The Morgan fingerprint density at radius 3 is 2.49 bits per heavy atom. The molecule has 2 aromatic carbocycles. The summed E-state index contributed by atoms with van der Waals surface area (Å²) in [6.07, 6.45) is 1.48. The van der Waals surface area contributed by atoms with Crippen LogP contribution in [0.1, 0.15) is 5.69 Å². The number of ether oxygens (including phenoxy) is 1. The van der Waals surface area contributed by atoms with Crippen LogP contribution in [0.3, 0.4) is 0 Å². The Morgan fingerprint density at radius 1 is 1.19 bits per heavy atom. The number of nitro groups is 1. The SMILES string of the molecule is COC(=S)NCc1cn(-c2cc(F)c(N3CCN(S(=O)(=O)c4cccc([N+](=O)[O-])c4)CC3)c(F)c2)nn1. The summed E-state index contributed by atoms with van der Waals surface area (Å²) < 4.78 is 63.1. The highest BCUT2D eigenvalue weighted by atomic mass is 32.2. The van der Waals surface area contributed by atoms with Gasteiger partial charge in [0.25, 0.3) is 10.9 Å². The van der Waals surface area contributed by atoms with E-state index in [9.17, 15) is 18.5 Å². The Bertz CT molecular complexity index is 1420. The van der Waals surface area contributed by atoms with Gasteiger partial charge in [-0.3, -0.25) is 10.1 Å². The number of nitrogens with one attached hydrogen (secondary N) is 1. The highest BCUT2D eigenvalue weighted by Crippen LogP contribution is 2.29. The molecule has 16 heteroatoms. The van der Waals surface area contributed by atoms with Crippen LogP contribution < -0.4 is 10.2 Å². The number of benzene rings is 2. The van der Waals surface area contributed by atoms with Crippen molar-refractivity contribution in [3.8, 4) is 5.69 Å². The number of halogens is 2. The maximum atomic E-state index is 15.0. The third-order valence-corrected chi connectivity index (χ3v) is 7.83. The Kier molecular flexibility index (Phi) is 7.60. The van der Waals surface area contributed by atoms with Crippen molar-refractivity contribution in [2.24, 2.45) is 0 Å². The van der Waals surface area contributed by atoms with Crippen molar-refractivity contribution in [1.29, 1.82) is 0 Å². The summed E-state index contributed by atoms with van der Waals surface area (Å²) in [5.41, 5.74) is -0.0641. The first-order chi connectivity index (χ1) is 17.6. The van der Waals surface area contributed by atoms with Crippen LogP contribution in [-0.4, -0.2) is 71.1 Å². The number of non-ortho nitro benzene ring substituents is 1. The first-order valence-corrected chi connectivity index (χ1v) is 12.7. The topological polar surface area (TPSA) is 136 Å². The van der Waals surface area contributed by atoms with Gasteiger partial charge in [-0.15, -0.1) is 5.10 Å². The fraction of sp³-hybridized carbons (Fsp3) is 0.286. The van der Waals surface area contributed by atoms with Gasteiger partial charge in [0.15, 0.2) is 11.6 Å². The second-order valence-corrected chi connectivity index (χ2v) is 10.2. The van der Waals surface area contributed by atoms with Crippen LogP contribution in [0.15, 0.2) is 47.5 Å². The lowest BCUT2D eigenvalue weighted by molar-refractivity contribution is -0.385. The average Bonchev–Trinajstić information content (AvgIpc) is 3.36. The second-order valence-electron chi connectivity index (χ2n) is 7.90. The molecule has 1 N–H and O–H groups in total. The lowest BCUT2D eigenvalue weighted by atomic mass is 10.2. The number of sulfonamides is 1. The molecular formula is C21H21F2N7O5S2. The van der Waals surface area contributed by atoms with Crippen molar-refractivity contribution >= 4 is 38.8 Å². The number of nitro benzene ring substituents is 1.